The van der Waals surface area contributed by atoms with Gasteiger partial charge in [0.25, 0.3) is 0 Å². The number of ether oxygens (including phenoxy) is 2. The van der Waals surface area contributed by atoms with Gasteiger partial charge in [-0.2, -0.15) is 0 Å². The van der Waals surface area contributed by atoms with Crippen LogP contribution in [0.25, 0.3) is 0 Å². The van der Waals surface area contributed by atoms with E-state index in [0.717, 1.165) is 29.0 Å². The van der Waals surface area contributed by atoms with E-state index in [1.54, 1.807) is 17.0 Å². The van der Waals surface area contributed by atoms with E-state index in [2.05, 4.69) is 5.32 Å². The molecule has 0 radical (unpaired) electrons. The maximum Gasteiger partial charge on any atom is 0.322 e. The SMILES string of the molecule is O=C(Nc1cccc(COCCOc2ccccc2)c1)N1CCc2ccc(O)cc2C1. The number of aromatic hydroxyl groups is 1. The first kappa shape index (κ1) is 20.8. The average Bonchev–Trinajstić information content (AvgIpc) is 2.79. The Labute approximate surface area is 182 Å². The van der Waals surface area contributed by atoms with Crippen molar-refractivity contribution < 1.29 is 19.4 Å². The number of amides is 2. The molecule has 2 amide bonds. The summed E-state index contributed by atoms with van der Waals surface area (Å²) in [7, 11) is 0. The van der Waals surface area contributed by atoms with E-state index in [-0.39, 0.29) is 11.8 Å². The molecule has 0 unspecified atom stereocenters. The number of hydrogen-bond acceptors (Lipinski definition) is 4. The van der Waals surface area contributed by atoms with E-state index in [0.29, 0.717) is 32.9 Å². The quantitative estimate of drug-likeness (QED) is 0.551. The van der Waals surface area contributed by atoms with Gasteiger partial charge in [-0.05, 0) is 59.5 Å². The van der Waals surface area contributed by atoms with E-state index in [1.165, 1.54) is 5.56 Å². The number of fused-ring (bicyclic) bond motifs is 1. The monoisotopic (exact) mass is 418 g/mol. The van der Waals surface area contributed by atoms with Crippen LogP contribution in [0.1, 0.15) is 16.7 Å². The predicted molar refractivity (Wildman–Crippen MR) is 119 cm³/mol. The van der Waals surface area contributed by atoms with Crippen molar-refractivity contribution in [3.05, 3.63) is 89.5 Å². The fourth-order valence-corrected chi connectivity index (χ4v) is 3.58. The Bertz CT molecular complexity index is 1020. The molecule has 31 heavy (non-hydrogen) atoms. The Morgan fingerprint density at radius 1 is 0.968 bits per heavy atom. The second-order valence-corrected chi connectivity index (χ2v) is 7.47. The van der Waals surface area contributed by atoms with E-state index >= 15 is 0 Å². The lowest BCUT2D eigenvalue weighted by Gasteiger charge is -2.29. The molecule has 0 spiro atoms. The minimum atomic E-state index is -0.150. The van der Waals surface area contributed by atoms with Crippen molar-refractivity contribution in [2.24, 2.45) is 0 Å². The minimum absolute atomic E-state index is 0.150. The first-order valence-corrected chi connectivity index (χ1v) is 10.4. The molecule has 3 aromatic carbocycles. The normalized spacial score (nSPS) is 12.8. The third kappa shape index (κ3) is 5.77. The summed E-state index contributed by atoms with van der Waals surface area (Å²) in [4.78, 5) is 14.5. The molecule has 0 bridgehead atoms. The van der Waals surface area contributed by atoms with Crippen molar-refractivity contribution >= 4 is 11.7 Å². The molecule has 0 aliphatic carbocycles. The first-order chi connectivity index (χ1) is 15.2. The van der Waals surface area contributed by atoms with Gasteiger partial charge in [0.1, 0.15) is 18.1 Å². The number of anilines is 1. The van der Waals surface area contributed by atoms with Gasteiger partial charge < -0.3 is 24.8 Å². The molecule has 1 aliphatic rings. The molecule has 6 heteroatoms. The number of nitrogens with zero attached hydrogens (tertiary/aromatic N) is 1. The van der Waals surface area contributed by atoms with Crippen LogP contribution in [-0.4, -0.2) is 35.8 Å². The van der Waals surface area contributed by atoms with Crippen LogP contribution in [0.3, 0.4) is 0 Å². The summed E-state index contributed by atoms with van der Waals surface area (Å²) in [6, 6.07) is 22.5. The number of hydrogen-bond donors (Lipinski definition) is 2. The maximum atomic E-state index is 12.7. The lowest BCUT2D eigenvalue weighted by molar-refractivity contribution is 0.0889. The van der Waals surface area contributed by atoms with E-state index < -0.39 is 0 Å². The lowest BCUT2D eigenvalue weighted by Crippen LogP contribution is -2.38. The predicted octanol–water partition coefficient (Wildman–Crippen LogP) is 4.58. The second-order valence-electron chi connectivity index (χ2n) is 7.47. The van der Waals surface area contributed by atoms with E-state index in [9.17, 15) is 9.90 Å². The van der Waals surface area contributed by atoms with Gasteiger partial charge in [0.05, 0.1) is 13.2 Å². The smallest absolute Gasteiger partial charge is 0.322 e. The summed E-state index contributed by atoms with van der Waals surface area (Å²) in [6.45, 7) is 2.53. The van der Waals surface area contributed by atoms with E-state index in [1.807, 2.05) is 60.7 Å². The third-order valence-electron chi connectivity index (χ3n) is 5.18. The highest BCUT2D eigenvalue weighted by Crippen LogP contribution is 2.24. The Balaban J connectivity index is 1.25. The average molecular weight is 418 g/mol. The molecule has 6 nitrogen and oxygen atoms in total. The molecular weight excluding hydrogens is 392 g/mol. The molecule has 0 saturated heterocycles. The number of phenols is 1. The number of urea groups is 1. The molecule has 0 aromatic heterocycles. The summed E-state index contributed by atoms with van der Waals surface area (Å²) in [5, 5.41) is 12.7. The summed E-state index contributed by atoms with van der Waals surface area (Å²) in [5.74, 6) is 1.05. The zero-order valence-electron chi connectivity index (χ0n) is 17.3. The number of phenolic OH excluding ortho intramolecular Hbond substituents is 1. The van der Waals surface area contributed by atoms with Crippen LogP contribution in [0.15, 0.2) is 72.8 Å². The lowest BCUT2D eigenvalue weighted by atomic mass is 10.00. The first-order valence-electron chi connectivity index (χ1n) is 10.4. The van der Waals surface area contributed by atoms with Gasteiger partial charge in [-0.1, -0.05) is 36.4 Å². The third-order valence-corrected chi connectivity index (χ3v) is 5.18. The summed E-state index contributed by atoms with van der Waals surface area (Å²) < 4.78 is 11.3. The van der Waals surface area contributed by atoms with Gasteiger partial charge in [-0.15, -0.1) is 0 Å². The Morgan fingerprint density at radius 2 is 1.84 bits per heavy atom. The number of rotatable bonds is 7. The van der Waals surface area contributed by atoms with Crippen LogP contribution >= 0.6 is 0 Å². The topological polar surface area (TPSA) is 71.0 Å². The standard InChI is InChI=1S/C25H26N2O4/c28-23-10-9-20-11-12-27(17-21(20)16-23)25(29)26-22-6-4-5-19(15-22)18-30-13-14-31-24-7-2-1-3-8-24/h1-10,15-16,28H,11-14,17-18H2,(H,26,29). The second kappa shape index (κ2) is 10.00. The van der Waals surface area contributed by atoms with Gasteiger partial charge in [0.2, 0.25) is 0 Å². The summed E-state index contributed by atoms with van der Waals surface area (Å²) >= 11 is 0. The van der Waals surface area contributed by atoms with Crippen molar-refractivity contribution in [2.75, 3.05) is 25.1 Å². The molecule has 4 rings (SSSR count). The molecule has 160 valence electrons. The van der Waals surface area contributed by atoms with Gasteiger partial charge >= 0.3 is 6.03 Å². The highest BCUT2D eigenvalue weighted by Gasteiger charge is 2.21. The Kier molecular flexibility index (Phi) is 6.69. The van der Waals surface area contributed by atoms with Crippen molar-refractivity contribution in [1.82, 2.24) is 4.90 Å². The number of nitrogens with one attached hydrogen (secondary N) is 1. The number of carbonyl (C=O) groups excluding carboxylic acids is 1. The van der Waals surface area contributed by atoms with Crippen molar-refractivity contribution in [3.8, 4) is 11.5 Å². The maximum absolute atomic E-state index is 12.7. The van der Waals surface area contributed by atoms with Gasteiger partial charge in [-0.25, -0.2) is 4.79 Å². The van der Waals surface area contributed by atoms with Crippen LogP contribution in [0.4, 0.5) is 10.5 Å². The Morgan fingerprint density at radius 3 is 2.71 bits per heavy atom. The van der Waals surface area contributed by atoms with Crippen LogP contribution < -0.4 is 10.1 Å². The summed E-state index contributed by atoms with van der Waals surface area (Å²) in [5.41, 5.74) is 3.87. The fourth-order valence-electron chi connectivity index (χ4n) is 3.58. The minimum Gasteiger partial charge on any atom is -0.508 e. The highest BCUT2D eigenvalue weighted by atomic mass is 16.5. The number of carbonyl (C=O) groups is 1. The zero-order chi connectivity index (χ0) is 21.5. The van der Waals surface area contributed by atoms with Gasteiger partial charge in [0.15, 0.2) is 0 Å². The van der Waals surface area contributed by atoms with Crippen molar-refractivity contribution in [2.45, 2.75) is 19.6 Å². The summed E-state index contributed by atoms with van der Waals surface area (Å²) in [6.07, 6.45) is 0.780. The van der Waals surface area contributed by atoms with Crippen LogP contribution in [0, 0.1) is 0 Å². The van der Waals surface area contributed by atoms with Gasteiger partial charge in [0, 0.05) is 18.8 Å². The van der Waals surface area contributed by atoms with E-state index in [4.69, 9.17) is 9.47 Å². The van der Waals surface area contributed by atoms with Crippen LogP contribution in [0.5, 0.6) is 11.5 Å². The number of para-hydroxylation sites is 1. The zero-order valence-corrected chi connectivity index (χ0v) is 17.3. The highest BCUT2D eigenvalue weighted by molar-refractivity contribution is 5.89. The number of benzene rings is 3. The fraction of sp³-hybridized carbons (Fsp3) is 0.240. The molecule has 1 heterocycles. The Hall–Kier alpha value is -3.51. The van der Waals surface area contributed by atoms with Crippen LogP contribution in [0.2, 0.25) is 0 Å². The van der Waals surface area contributed by atoms with Gasteiger partial charge in [-0.3, -0.25) is 0 Å². The molecule has 1 aliphatic heterocycles. The van der Waals surface area contributed by atoms with Crippen molar-refractivity contribution in [3.63, 3.8) is 0 Å². The van der Waals surface area contributed by atoms with Crippen LogP contribution in [-0.2, 0) is 24.3 Å². The van der Waals surface area contributed by atoms with Crippen molar-refractivity contribution in [1.29, 1.82) is 0 Å². The molecule has 3 aromatic rings. The molecule has 2 N–H and O–H groups in total. The molecule has 0 saturated carbocycles. The molecule has 0 fully saturated rings. The molecule has 0 atom stereocenters. The largest absolute Gasteiger partial charge is 0.508 e. The molecular formula is C25H26N2O4.